The highest BCUT2D eigenvalue weighted by molar-refractivity contribution is 7.90. The number of hydrogen-bond donors (Lipinski definition) is 1. The molecule has 0 aliphatic carbocycles. The predicted molar refractivity (Wildman–Crippen MR) is 117 cm³/mol. The molecule has 0 atom stereocenters. The number of nitrogens with zero attached hydrogens (tertiary/aromatic N) is 3. The fourth-order valence-electron chi connectivity index (χ4n) is 2.54. The van der Waals surface area contributed by atoms with Crippen molar-refractivity contribution in [1.82, 2.24) is 4.90 Å². The lowest BCUT2D eigenvalue weighted by atomic mass is 10.0. The van der Waals surface area contributed by atoms with E-state index in [2.05, 4.69) is 22.4 Å². The number of hydrogen-bond acceptors (Lipinski definition) is 7. The van der Waals surface area contributed by atoms with Crippen LogP contribution in [0.25, 0.3) is 0 Å². The summed E-state index contributed by atoms with van der Waals surface area (Å²) < 4.78 is 29.0. The molecule has 1 saturated heterocycles. The van der Waals surface area contributed by atoms with Gasteiger partial charge in [0.15, 0.2) is 9.84 Å². The van der Waals surface area contributed by atoms with Gasteiger partial charge in [-0.1, -0.05) is 6.07 Å². The number of rotatable bonds is 3. The SMILES string of the molecule is C=N/C=C1/CCN(C(=O)OC(C)(C)C)CC1=Nc1cccc(S(C)(=O)=O)c1.CN. The van der Waals surface area contributed by atoms with Crippen molar-refractivity contribution in [3.63, 3.8) is 0 Å². The van der Waals surface area contributed by atoms with E-state index in [1.54, 1.807) is 23.2 Å². The lowest BCUT2D eigenvalue weighted by molar-refractivity contribution is 0.0274. The molecule has 2 N–H and O–H groups in total. The van der Waals surface area contributed by atoms with Crippen molar-refractivity contribution < 1.29 is 17.9 Å². The molecular weight excluding hydrogens is 392 g/mol. The van der Waals surface area contributed by atoms with E-state index in [9.17, 15) is 13.2 Å². The quantitative estimate of drug-likeness (QED) is 0.752. The molecule has 8 nitrogen and oxygen atoms in total. The number of sulfone groups is 1. The molecule has 1 amide bonds. The van der Waals surface area contributed by atoms with Crippen molar-refractivity contribution in [1.29, 1.82) is 0 Å². The van der Waals surface area contributed by atoms with Gasteiger partial charge in [0.05, 0.1) is 22.8 Å². The Morgan fingerprint density at radius 2 is 1.97 bits per heavy atom. The summed E-state index contributed by atoms with van der Waals surface area (Å²) in [4.78, 5) is 22.5. The summed E-state index contributed by atoms with van der Waals surface area (Å²) in [5, 5.41) is 0. The van der Waals surface area contributed by atoms with Gasteiger partial charge in [-0.25, -0.2) is 13.2 Å². The number of piperidine rings is 1. The van der Waals surface area contributed by atoms with Crippen molar-refractivity contribution in [2.75, 3.05) is 26.4 Å². The number of nitrogens with two attached hydrogens (primary N) is 1. The average molecular weight is 423 g/mol. The molecule has 0 saturated carbocycles. The first-order valence-electron chi connectivity index (χ1n) is 9.08. The van der Waals surface area contributed by atoms with Gasteiger partial charge in [-0.05, 0) is 64.7 Å². The summed E-state index contributed by atoms with van der Waals surface area (Å²) in [6, 6.07) is 6.38. The van der Waals surface area contributed by atoms with Crippen LogP contribution in [-0.2, 0) is 14.6 Å². The van der Waals surface area contributed by atoms with Crippen LogP contribution in [0.15, 0.2) is 50.9 Å². The van der Waals surface area contributed by atoms with Crippen molar-refractivity contribution in [2.45, 2.75) is 37.7 Å². The largest absolute Gasteiger partial charge is 0.444 e. The Morgan fingerprint density at radius 3 is 2.52 bits per heavy atom. The summed E-state index contributed by atoms with van der Waals surface area (Å²) >= 11 is 0. The highest BCUT2D eigenvalue weighted by Crippen LogP contribution is 2.23. The van der Waals surface area contributed by atoms with Gasteiger partial charge in [0, 0.05) is 19.0 Å². The summed E-state index contributed by atoms with van der Waals surface area (Å²) in [5.41, 5.74) is 5.89. The number of amides is 1. The van der Waals surface area contributed by atoms with Gasteiger partial charge in [-0.3, -0.25) is 9.98 Å². The van der Waals surface area contributed by atoms with Crippen molar-refractivity contribution in [3.05, 3.63) is 36.0 Å². The summed E-state index contributed by atoms with van der Waals surface area (Å²) in [6.45, 7) is 9.65. The van der Waals surface area contributed by atoms with Crippen LogP contribution < -0.4 is 5.73 Å². The molecule has 9 heteroatoms. The molecule has 1 fully saturated rings. The van der Waals surface area contributed by atoms with Crippen LogP contribution in [0.5, 0.6) is 0 Å². The third-order valence-corrected chi connectivity index (χ3v) is 4.88. The highest BCUT2D eigenvalue weighted by atomic mass is 32.2. The van der Waals surface area contributed by atoms with Crippen LogP contribution in [0.4, 0.5) is 10.5 Å². The van der Waals surface area contributed by atoms with Crippen LogP contribution >= 0.6 is 0 Å². The fourth-order valence-corrected chi connectivity index (χ4v) is 3.20. The number of benzene rings is 1. The Bertz CT molecular complexity index is 899. The Hall–Kier alpha value is -2.52. The maximum atomic E-state index is 12.4. The Kier molecular flexibility index (Phi) is 8.72. The van der Waals surface area contributed by atoms with Gasteiger partial charge in [0.25, 0.3) is 0 Å². The van der Waals surface area contributed by atoms with E-state index in [0.29, 0.717) is 24.4 Å². The zero-order valence-corrected chi connectivity index (χ0v) is 18.5. The lowest BCUT2D eigenvalue weighted by Gasteiger charge is -2.31. The molecular formula is C20H30N4O4S. The molecule has 29 heavy (non-hydrogen) atoms. The van der Waals surface area contributed by atoms with Crippen LogP contribution in [0.3, 0.4) is 0 Å². The minimum Gasteiger partial charge on any atom is -0.444 e. The van der Waals surface area contributed by atoms with E-state index in [1.807, 2.05) is 20.8 Å². The molecule has 1 aromatic carbocycles. The first-order valence-corrected chi connectivity index (χ1v) is 11.0. The van der Waals surface area contributed by atoms with Crippen molar-refractivity contribution >= 4 is 34.0 Å². The van der Waals surface area contributed by atoms with Crippen molar-refractivity contribution in [3.8, 4) is 0 Å². The fraction of sp³-hybridized carbons (Fsp3) is 0.450. The number of likely N-dealkylation sites (tertiary alicyclic amines) is 1. The smallest absolute Gasteiger partial charge is 0.410 e. The van der Waals surface area contributed by atoms with E-state index in [-0.39, 0.29) is 11.4 Å². The number of ether oxygens (including phenoxy) is 1. The van der Waals surface area contributed by atoms with E-state index >= 15 is 0 Å². The molecule has 160 valence electrons. The first-order chi connectivity index (χ1) is 13.5. The number of carbonyl (C=O) groups excluding carboxylic acids is 1. The predicted octanol–water partition coefficient (Wildman–Crippen LogP) is 2.96. The molecule has 0 unspecified atom stereocenters. The minimum atomic E-state index is -3.33. The van der Waals surface area contributed by atoms with E-state index in [4.69, 9.17) is 4.74 Å². The Morgan fingerprint density at radius 1 is 1.31 bits per heavy atom. The van der Waals surface area contributed by atoms with Crippen LogP contribution in [0, 0.1) is 0 Å². The number of carbonyl (C=O) groups is 1. The molecule has 1 aromatic rings. The van der Waals surface area contributed by atoms with Crippen LogP contribution in [0.1, 0.15) is 27.2 Å². The van der Waals surface area contributed by atoms with Gasteiger partial charge in [0.2, 0.25) is 0 Å². The Labute approximate surface area is 173 Å². The minimum absolute atomic E-state index is 0.191. The second-order valence-corrected chi connectivity index (χ2v) is 9.33. The summed E-state index contributed by atoms with van der Waals surface area (Å²) in [5.74, 6) is 0. The van der Waals surface area contributed by atoms with Crippen LogP contribution in [0.2, 0.25) is 0 Å². The van der Waals surface area contributed by atoms with Crippen LogP contribution in [-0.4, -0.2) is 63.8 Å². The molecule has 0 radical (unpaired) electrons. The molecule has 1 heterocycles. The molecule has 1 aliphatic heterocycles. The molecule has 2 rings (SSSR count). The zero-order chi connectivity index (χ0) is 22.2. The van der Waals surface area contributed by atoms with E-state index in [1.165, 1.54) is 19.2 Å². The van der Waals surface area contributed by atoms with Gasteiger partial charge in [-0.2, -0.15) is 0 Å². The standard InChI is InChI=1S/C19H25N3O4S.CH5N/c1-19(2,3)26-18(23)22-10-9-14(12-20-4)17(13-22)21-15-7-6-8-16(11-15)27(5,24)25;1-2/h6-8,11-12H,4,9-10,13H2,1-3,5H3;2H2,1H3/b14-12-,21-17?;. The third kappa shape index (κ3) is 7.78. The topological polar surface area (TPSA) is 114 Å². The van der Waals surface area contributed by atoms with Gasteiger partial charge in [-0.15, -0.1) is 0 Å². The highest BCUT2D eigenvalue weighted by Gasteiger charge is 2.28. The molecule has 0 aromatic heterocycles. The van der Waals surface area contributed by atoms with Gasteiger partial charge in [0.1, 0.15) is 5.60 Å². The maximum absolute atomic E-state index is 12.4. The molecule has 1 aliphatic rings. The van der Waals surface area contributed by atoms with Crippen molar-refractivity contribution in [2.24, 2.45) is 15.7 Å². The first kappa shape index (κ1) is 24.5. The monoisotopic (exact) mass is 422 g/mol. The second kappa shape index (κ2) is 10.3. The van der Waals surface area contributed by atoms with E-state index < -0.39 is 21.5 Å². The van der Waals surface area contributed by atoms with Gasteiger partial charge < -0.3 is 15.4 Å². The maximum Gasteiger partial charge on any atom is 0.410 e. The average Bonchev–Trinajstić information content (AvgIpc) is 2.63. The molecule has 0 spiro atoms. The Balaban J connectivity index is 0.00000204. The second-order valence-electron chi connectivity index (χ2n) is 7.32. The summed E-state index contributed by atoms with van der Waals surface area (Å²) in [6.07, 6.45) is 2.91. The normalized spacial score (nSPS) is 17.5. The molecule has 0 bridgehead atoms. The lowest BCUT2D eigenvalue weighted by Crippen LogP contribution is -2.43. The van der Waals surface area contributed by atoms with Gasteiger partial charge >= 0.3 is 6.09 Å². The number of aliphatic imine (C=N–C) groups is 2. The van der Waals surface area contributed by atoms with E-state index in [0.717, 1.165) is 11.8 Å². The third-order valence-electron chi connectivity index (χ3n) is 3.77. The zero-order valence-electron chi connectivity index (χ0n) is 17.7. The summed E-state index contributed by atoms with van der Waals surface area (Å²) in [7, 11) is -1.83.